The van der Waals surface area contributed by atoms with Crippen LogP contribution in [0.1, 0.15) is 12.8 Å². The molecular formula is C9H19N3. The van der Waals surface area contributed by atoms with Crippen LogP contribution in [0.15, 0.2) is 0 Å². The van der Waals surface area contributed by atoms with Crippen LogP contribution in [-0.2, 0) is 0 Å². The summed E-state index contributed by atoms with van der Waals surface area (Å²) in [5, 5.41) is 0. The van der Waals surface area contributed by atoms with E-state index in [9.17, 15) is 0 Å². The van der Waals surface area contributed by atoms with E-state index in [0.717, 1.165) is 19.1 Å². The molecule has 3 heteroatoms. The molecule has 0 aromatic rings. The van der Waals surface area contributed by atoms with Gasteiger partial charge in [-0.2, -0.15) is 0 Å². The number of nitrogens with two attached hydrogens (primary N) is 1. The van der Waals surface area contributed by atoms with Crippen LogP contribution in [0.5, 0.6) is 0 Å². The van der Waals surface area contributed by atoms with Gasteiger partial charge >= 0.3 is 0 Å². The van der Waals surface area contributed by atoms with E-state index in [1.807, 2.05) is 0 Å². The summed E-state index contributed by atoms with van der Waals surface area (Å²) in [4.78, 5) is 5.10. The second-order valence-electron chi connectivity index (χ2n) is 3.92. The minimum atomic E-state index is 0.812. The lowest BCUT2D eigenvalue weighted by Gasteiger charge is -2.36. The van der Waals surface area contributed by atoms with Gasteiger partial charge in [-0.15, -0.1) is 0 Å². The zero-order chi connectivity index (χ0) is 8.39. The first kappa shape index (κ1) is 8.48. The maximum Gasteiger partial charge on any atom is 0.0235 e. The summed E-state index contributed by atoms with van der Waals surface area (Å²) >= 11 is 0. The van der Waals surface area contributed by atoms with Crippen molar-refractivity contribution in [1.82, 2.24) is 9.80 Å². The average molecular weight is 169 g/mol. The standard InChI is InChI=1S/C9H19N3/c10-3-7-11-6-2-9(8-11)12-4-1-5-12/h9H,1-8,10H2. The minimum Gasteiger partial charge on any atom is -0.329 e. The predicted octanol–water partition coefficient (Wildman–Crippen LogP) is -0.275. The number of rotatable bonds is 3. The molecule has 3 nitrogen and oxygen atoms in total. The summed E-state index contributed by atoms with van der Waals surface area (Å²) in [5.41, 5.74) is 5.52. The quantitative estimate of drug-likeness (QED) is 0.631. The van der Waals surface area contributed by atoms with Gasteiger partial charge in [-0.1, -0.05) is 0 Å². The smallest absolute Gasteiger partial charge is 0.0235 e. The number of hydrogen-bond acceptors (Lipinski definition) is 3. The highest BCUT2D eigenvalue weighted by molar-refractivity contribution is 4.86. The van der Waals surface area contributed by atoms with Crippen LogP contribution in [0.2, 0.25) is 0 Å². The molecule has 2 saturated heterocycles. The highest BCUT2D eigenvalue weighted by Crippen LogP contribution is 2.19. The van der Waals surface area contributed by atoms with Gasteiger partial charge in [0.25, 0.3) is 0 Å². The van der Waals surface area contributed by atoms with E-state index in [0.29, 0.717) is 0 Å². The maximum absolute atomic E-state index is 5.52. The lowest BCUT2D eigenvalue weighted by molar-refractivity contribution is 0.120. The van der Waals surface area contributed by atoms with Crippen LogP contribution in [0, 0.1) is 0 Å². The molecule has 1 unspecified atom stereocenters. The van der Waals surface area contributed by atoms with E-state index in [-0.39, 0.29) is 0 Å². The Morgan fingerprint density at radius 2 is 2.08 bits per heavy atom. The summed E-state index contributed by atoms with van der Waals surface area (Å²) in [5.74, 6) is 0. The molecule has 2 fully saturated rings. The van der Waals surface area contributed by atoms with Crippen molar-refractivity contribution in [1.29, 1.82) is 0 Å². The summed E-state index contributed by atoms with van der Waals surface area (Å²) in [6, 6.07) is 0.852. The van der Waals surface area contributed by atoms with Gasteiger partial charge in [-0.25, -0.2) is 0 Å². The fourth-order valence-electron chi connectivity index (χ4n) is 2.20. The molecule has 0 radical (unpaired) electrons. The Kier molecular flexibility index (Phi) is 2.63. The topological polar surface area (TPSA) is 32.5 Å². The highest BCUT2D eigenvalue weighted by Gasteiger charge is 2.29. The van der Waals surface area contributed by atoms with Gasteiger partial charge in [0.1, 0.15) is 0 Å². The molecule has 2 aliphatic heterocycles. The largest absolute Gasteiger partial charge is 0.329 e. The second-order valence-corrected chi connectivity index (χ2v) is 3.92. The number of nitrogens with zero attached hydrogens (tertiary/aromatic N) is 2. The summed E-state index contributed by atoms with van der Waals surface area (Å²) in [7, 11) is 0. The van der Waals surface area contributed by atoms with Crippen LogP contribution in [-0.4, -0.2) is 55.1 Å². The van der Waals surface area contributed by atoms with Gasteiger partial charge in [0.15, 0.2) is 0 Å². The summed E-state index contributed by atoms with van der Waals surface area (Å²) in [6.07, 6.45) is 2.77. The molecule has 2 aliphatic rings. The molecular weight excluding hydrogens is 150 g/mol. The molecule has 0 saturated carbocycles. The predicted molar refractivity (Wildman–Crippen MR) is 50.1 cm³/mol. The van der Waals surface area contributed by atoms with Crippen LogP contribution in [0.25, 0.3) is 0 Å². The van der Waals surface area contributed by atoms with Crippen molar-refractivity contribution in [2.45, 2.75) is 18.9 Å². The normalized spacial score (nSPS) is 32.2. The SMILES string of the molecule is NCCN1CCC(N2CCC2)C1. The van der Waals surface area contributed by atoms with Crippen molar-refractivity contribution in [2.75, 3.05) is 39.3 Å². The third kappa shape index (κ3) is 1.63. The fourth-order valence-corrected chi connectivity index (χ4v) is 2.20. The zero-order valence-electron chi connectivity index (χ0n) is 7.71. The molecule has 1 atom stereocenters. The lowest BCUT2D eigenvalue weighted by Crippen LogP contribution is -2.46. The maximum atomic E-state index is 5.52. The third-order valence-corrected chi connectivity index (χ3v) is 3.10. The fraction of sp³-hybridized carbons (Fsp3) is 1.00. The third-order valence-electron chi connectivity index (χ3n) is 3.10. The van der Waals surface area contributed by atoms with Crippen LogP contribution in [0.3, 0.4) is 0 Å². The van der Waals surface area contributed by atoms with E-state index in [2.05, 4.69) is 9.80 Å². The van der Waals surface area contributed by atoms with Gasteiger partial charge < -0.3 is 10.6 Å². The van der Waals surface area contributed by atoms with E-state index in [4.69, 9.17) is 5.73 Å². The molecule has 0 amide bonds. The molecule has 2 rings (SSSR count). The number of hydrogen-bond donors (Lipinski definition) is 1. The molecule has 2 heterocycles. The number of likely N-dealkylation sites (tertiary alicyclic amines) is 2. The van der Waals surface area contributed by atoms with E-state index < -0.39 is 0 Å². The van der Waals surface area contributed by atoms with Crippen molar-refractivity contribution < 1.29 is 0 Å². The van der Waals surface area contributed by atoms with Crippen molar-refractivity contribution in [3.8, 4) is 0 Å². The first-order valence-corrected chi connectivity index (χ1v) is 5.06. The lowest BCUT2D eigenvalue weighted by atomic mass is 10.1. The molecule has 2 N–H and O–H groups in total. The second kappa shape index (κ2) is 3.73. The van der Waals surface area contributed by atoms with Crippen molar-refractivity contribution in [3.05, 3.63) is 0 Å². The van der Waals surface area contributed by atoms with Gasteiger partial charge in [0.2, 0.25) is 0 Å². The molecule has 0 spiro atoms. The Morgan fingerprint density at radius 1 is 1.25 bits per heavy atom. The van der Waals surface area contributed by atoms with E-state index in [1.165, 1.54) is 39.0 Å². The molecule has 0 bridgehead atoms. The van der Waals surface area contributed by atoms with E-state index in [1.54, 1.807) is 0 Å². The first-order chi connectivity index (χ1) is 5.90. The average Bonchev–Trinajstić information content (AvgIpc) is 2.34. The Hall–Kier alpha value is -0.120. The summed E-state index contributed by atoms with van der Waals surface area (Å²) < 4.78 is 0. The molecule has 70 valence electrons. The monoisotopic (exact) mass is 169 g/mol. The Labute approximate surface area is 74.5 Å². The first-order valence-electron chi connectivity index (χ1n) is 5.06. The highest BCUT2D eigenvalue weighted by atomic mass is 15.3. The van der Waals surface area contributed by atoms with Gasteiger partial charge in [0.05, 0.1) is 0 Å². The van der Waals surface area contributed by atoms with Crippen LogP contribution < -0.4 is 5.73 Å². The van der Waals surface area contributed by atoms with Crippen LogP contribution >= 0.6 is 0 Å². The van der Waals surface area contributed by atoms with Crippen molar-refractivity contribution >= 4 is 0 Å². The minimum absolute atomic E-state index is 0.812. The van der Waals surface area contributed by atoms with Crippen molar-refractivity contribution in [3.63, 3.8) is 0 Å². The zero-order valence-corrected chi connectivity index (χ0v) is 7.71. The van der Waals surface area contributed by atoms with Gasteiger partial charge in [-0.05, 0) is 32.5 Å². The van der Waals surface area contributed by atoms with E-state index >= 15 is 0 Å². The van der Waals surface area contributed by atoms with Crippen molar-refractivity contribution in [2.24, 2.45) is 5.73 Å². The molecule has 0 aliphatic carbocycles. The molecule has 12 heavy (non-hydrogen) atoms. The van der Waals surface area contributed by atoms with Crippen LogP contribution in [0.4, 0.5) is 0 Å². The summed E-state index contributed by atoms with van der Waals surface area (Å²) in [6.45, 7) is 7.09. The Bertz CT molecular complexity index is 145. The molecule has 0 aromatic heterocycles. The Morgan fingerprint density at radius 3 is 2.67 bits per heavy atom. The molecule has 0 aromatic carbocycles. The van der Waals surface area contributed by atoms with Gasteiger partial charge in [-0.3, -0.25) is 4.90 Å². The van der Waals surface area contributed by atoms with Gasteiger partial charge in [0, 0.05) is 25.7 Å². The Balaban J connectivity index is 1.73.